The molecular weight excluding hydrogens is 319 g/mol. The Balaban J connectivity index is 1.85. The van der Waals surface area contributed by atoms with Gasteiger partial charge in [0.15, 0.2) is 0 Å². The van der Waals surface area contributed by atoms with E-state index in [1.807, 2.05) is 44.2 Å². The van der Waals surface area contributed by atoms with Crippen LogP contribution >= 0.6 is 0 Å². The van der Waals surface area contributed by atoms with Crippen LogP contribution in [0.5, 0.6) is 5.75 Å². The van der Waals surface area contributed by atoms with Crippen molar-refractivity contribution in [1.29, 1.82) is 0 Å². The predicted molar refractivity (Wildman–Crippen MR) is 95.2 cm³/mol. The molecule has 0 amide bonds. The van der Waals surface area contributed by atoms with Crippen LogP contribution in [0.25, 0.3) is 0 Å². The number of benzene rings is 2. The summed E-state index contributed by atoms with van der Waals surface area (Å²) in [6.07, 6.45) is -0.231. The Bertz CT molecular complexity index is 757. The molecule has 1 aliphatic rings. The van der Waals surface area contributed by atoms with Gasteiger partial charge in [0.2, 0.25) is 0 Å². The Kier molecular flexibility index (Phi) is 4.83. The molecule has 1 aliphatic heterocycles. The number of esters is 1. The number of carbonyl (C=O) groups is 1. The predicted octanol–water partition coefficient (Wildman–Crippen LogP) is 2.74. The summed E-state index contributed by atoms with van der Waals surface area (Å²) in [5.41, 5.74) is 1.75. The fourth-order valence-electron chi connectivity index (χ4n) is 2.99. The lowest BCUT2D eigenvalue weighted by Crippen LogP contribution is -2.34. The highest BCUT2D eigenvalue weighted by atomic mass is 16.7. The zero-order chi connectivity index (χ0) is 18.0. The van der Waals surface area contributed by atoms with Crippen molar-refractivity contribution < 1.29 is 23.6 Å². The molecule has 25 heavy (non-hydrogen) atoms. The molecule has 0 aliphatic carbocycles. The van der Waals surface area contributed by atoms with Crippen molar-refractivity contribution in [3.63, 3.8) is 0 Å². The highest BCUT2D eigenvalue weighted by molar-refractivity contribution is 6.62. The van der Waals surface area contributed by atoms with E-state index in [1.54, 1.807) is 25.3 Å². The van der Waals surface area contributed by atoms with Gasteiger partial charge in [-0.2, -0.15) is 0 Å². The van der Waals surface area contributed by atoms with E-state index in [0.29, 0.717) is 5.56 Å². The molecule has 0 radical (unpaired) electrons. The summed E-state index contributed by atoms with van der Waals surface area (Å²) < 4.78 is 22.3. The minimum absolute atomic E-state index is 0.231. The molecule has 0 saturated carbocycles. The second kappa shape index (κ2) is 6.90. The van der Waals surface area contributed by atoms with E-state index in [0.717, 1.165) is 16.8 Å². The Labute approximate surface area is 148 Å². The molecule has 1 unspecified atom stereocenters. The van der Waals surface area contributed by atoms with Crippen LogP contribution in [0.15, 0.2) is 48.5 Å². The average Bonchev–Trinajstić information content (AvgIpc) is 2.96. The van der Waals surface area contributed by atoms with Crippen LogP contribution in [-0.2, 0) is 14.0 Å². The third kappa shape index (κ3) is 3.55. The van der Waals surface area contributed by atoms with E-state index in [-0.39, 0.29) is 12.1 Å². The zero-order valence-electron chi connectivity index (χ0n) is 14.8. The molecule has 2 aromatic rings. The SMILES string of the molecule is COC(=O)c1cccc(B2OC(c3ccc(OC)cc3)C(C)(C)O2)c1. The molecule has 1 atom stereocenters. The summed E-state index contributed by atoms with van der Waals surface area (Å²) in [5.74, 6) is 0.411. The van der Waals surface area contributed by atoms with Crippen LogP contribution in [0, 0.1) is 0 Å². The number of carbonyl (C=O) groups excluding carboxylic acids is 1. The second-order valence-electron chi connectivity index (χ2n) is 6.46. The Morgan fingerprint density at radius 2 is 1.84 bits per heavy atom. The first-order valence-electron chi connectivity index (χ1n) is 8.10. The van der Waals surface area contributed by atoms with Crippen molar-refractivity contribution in [2.45, 2.75) is 25.6 Å². The molecular formula is C19H21BO5. The van der Waals surface area contributed by atoms with Gasteiger partial charge in [-0.25, -0.2) is 4.79 Å². The van der Waals surface area contributed by atoms with Crippen molar-refractivity contribution in [2.24, 2.45) is 0 Å². The molecule has 1 saturated heterocycles. The summed E-state index contributed by atoms with van der Waals surface area (Å²) in [6.45, 7) is 3.98. The number of rotatable bonds is 4. The maximum Gasteiger partial charge on any atom is 0.494 e. The molecule has 0 N–H and O–H groups in total. The summed E-state index contributed by atoms with van der Waals surface area (Å²) in [5, 5.41) is 0. The first kappa shape index (κ1) is 17.5. The topological polar surface area (TPSA) is 54.0 Å². The van der Waals surface area contributed by atoms with Crippen molar-refractivity contribution in [2.75, 3.05) is 14.2 Å². The van der Waals surface area contributed by atoms with Gasteiger partial charge in [-0.05, 0) is 49.1 Å². The Hall–Kier alpha value is -2.31. The van der Waals surface area contributed by atoms with E-state index >= 15 is 0 Å². The van der Waals surface area contributed by atoms with Gasteiger partial charge < -0.3 is 18.8 Å². The summed E-state index contributed by atoms with van der Waals surface area (Å²) in [6, 6.07) is 14.9. The van der Waals surface area contributed by atoms with Gasteiger partial charge in [0, 0.05) is 0 Å². The lowest BCUT2D eigenvalue weighted by molar-refractivity contribution is 0.0601. The molecule has 1 fully saturated rings. The largest absolute Gasteiger partial charge is 0.497 e. The lowest BCUT2D eigenvalue weighted by atomic mass is 9.78. The van der Waals surface area contributed by atoms with Crippen molar-refractivity contribution in [3.8, 4) is 5.75 Å². The van der Waals surface area contributed by atoms with Crippen molar-refractivity contribution in [3.05, 3.63) is 59.7 Å². The molecule has 130 valence electrons. The van der Waals surface area contributed by atoms with E-state index in [2.05, 4.69) is 0 Å². The highest BCUT2D eigenvalue weighted by Gasteiger charge is 2.47. The van der Waals surface area contributed by atoms with Crippen LogP contribution in [0.4, 0.5) is 0 Å². The van der Waals surface area contributed by atoms with Crippen molar-refractivity contribution in [1.82, 2.24) is 0 Å². The third-order valence-corrected chi connectivity index (χ3v) is 4.30. The van der Waals surface area contributed by atoms with Gasteiger partial charge in [-0.3, -0.25) is 0 Å². The Morgan fingerprint density at radius 3 is 2.48 bits per heavy atom. The first-order chi connectivity index (χ1) is 11.9. The molecule has 3 rings (SSSR count). The first-order valence-corrected chi connectivity index (χ1v) is 8.10. The minimum atomic E-state index is -0.549. The average molecular weight is 340 g/mol. The fourth-order valence-corrected chi connectivity index (χ4v) is 2.99. The maximum atomic E-state index is 11.7. The quantitative estimate of drug-likeness (QED) is 0.633. The van der Waals surface area contributed by atoms with E-state index in [1.165, 1.54) is 7.11 Å². The maximum absolute atomic E-state index is 11.7. The van der Waals surface area contributed by atoms with Gasteiger partial charge in [-0.1, -0.05) is 24.3 Å². The number of hydrogen-bond acceptors (Lipinski definition) is 5. The third-order valence-electron chi connectivity index (χ3n) is 4.30. The molecule has 6 heteroatoms. The van der Waals surface area contributed by atoms with Crippen LogP contribution in [0.2, 0.25) is 0 Å². The fraction of sp³-hybridized carbons (Fsp3) is 0.316. The van der Waals surface area contributed by atoms with Gasteiger partial charge in [0.1, 0.15) is 5.75 Å². The van der Waals surface area contributed by atoms with Crippen LogP contribution in [0.3, 0.4) is 0 Å². The smallest absolute Gasteiger partial charge is 0.494 e. The Morgan fingerprint density at radius 1 is 1.12 bits per heavy atom. The monoisotopic (exact) mass is 340 g/mol. The summed E-state index contributed by atoms with van der Waals surface area (Å²) in [4.78, 5) is 11.7. The molecule has 5 nitrogen and oxygen atoms in total. The van der Waals surface area contributed by atoms with Gasteiger partial charge >= 0.3 is 13.1 Å². The van der Waals surface area contributed by atoms with Crippen LogP contribution in [0.1, 0.15) is 35.9 Å². The molecule has 0 aromatic heterocycles. The zero-order valence-corrected chi connectivity index (χ0v) is 14.8. The number of ether oxygens (including phenoxy) is 2. The van der Waals surface area contributed by atoms with Gasteiger partial charge in [-0.15, -0.1) is 0 Å². The van der Waals surface area contributed by atoms with E-state index < -0.39 is 12.7 Å². The molecule has 0 bridgehead atoms. The van der Waals surface area contributed by atoms with Crippen LogP contribution in [-0.4, -0.2) is 32.9 Å². The van der Waals surface area contributed by atoms with Gasteiger partial charge in [0.05, 0.1) is 31.5 Å². The van der Waals surface area contributed by atoms with E-state index in [9.17, 15) is 4.79 Å². The summed E-state index contributed by atoms with van der Waals surface area (Å²) >= 11 is 0. The number of methoxy groups -OCH3 is 2. The minimum Gasteiger partial charge on any atom is -0.497 e. The van der Waals surface area contributed by atoms with Gasteiger partial charge in [0.25, 0.3) is 0 Å². The standard InChI is InChI=1S/C19H21BO5/c1-19(2)17(13-8-10-16(22-3)11-9-13)24-20(25-19)15-7-5-6-14(12-15)18(21)23-4/h5-12,17H,1-4H3. The van der Waals surface area contributed by atoms with Crippen LogP contribution < -0.4 is 10.2 Å². The molecule has 2 aromatic carbocycles. The summed E-state index contributed by atoms with van der Waals surface area (Å²) in [7, 11) is 2.45. The number of hydrogen-bond donors (Lipinski definition) is 0. The highest BCUT2D eigenvalue weighted by Crippen LogP contribution is 2.39. The molecule has 0 spiro atoms. The molecule has 1 heterocycles. The normalized spacial score (nSPS) is 18.9. The lowest BCUT2D eigenvalue weighted by Gasteiger charge is -2.25. The van der Waals surface area contributed by atoms with E-state index in [4.69, 9.17) is 18.8 Å². The second-order valence-corrected chi connectivity index (χ2v) is 6.46. The van der Waals surface area contributed by atoms with Crippen molar-refractivity contribution >= 4 is 18.6 Å².